The number of rotatable bonds is 48. The third-order valence-corrected chi connectivity index (χ3v) is 20.6. The summed E-state index contributed by atoms with van der Waals surface area (Å²) in [6.07, 6.45) is 2.89. The predicted molar refractivity (Wildman–Crippen MR) is 395 cm³/mol. The maximum absolute atomic E-state index is 14.7. The number of likely N-dealkylation sites (tertiary alicyclic amines) is 2. The van der Waals surface area contributed by atoms with E-state index in [0.29, 0.717) is 69.3 Å². The molecule has 103 heavy (non-hydrogen) atoms. The van der Waals surface area contributed by atoms with Gasteiger partial charge in [0, 0.05) is 114 Å². The molecule has 13 atom stereocenters. The molecular formula is C78H125N9O16. The van der Waals surface area contributed by atoms with Crippen molar-refractivity contribution in [2.45, 2.75) is 209 Å². The molecule has 2 unspecified atom stereocenters. The maximum Gasteiger partial charge on any atom is 0.312 e. The number of ether oxygens (including phenoxy) is 5. The largest absolute Gasteiger partial charge is 0.379 e. The molecule has 578 valence electrons. The summed E-state index contributed by atoms with van der Waals surface area (Å²) in [4.78, 5) is 157. The second-order valence-electron chi connectivity index (χ2n) is 29.5. The molecule has 0 radical (unpaired) electrons. The lowest BCUT2D eigenvalue weighted by Gasteiger charge is -2.41. The Kier molecular flexibility index (Phi) is 38.9. The number of nitrogens with one attached hydrogen (secondary N) is 4. The van der Waals surface area contributed by atoms with E-state index < -0.39 is 71.9 Å². The number of methoxy groups -OCH3 is 2. The lowest BCUT2D eigenvalue weighted by Crippen LogP contribution is -2.54. The van der Waals surface area contributed by atoms with Gasteiger partial charge in [-0.1, -0.05) is 118 Å². The van der Waals surface area contributed by atoms with E-state index in [4.69, 9.17) is 29.4 Å². The number of primary amides is 1. The molecule has 25 nitrogen and oxygen atoms in total. The van der Waals surface area contributed by atoms with Crippen molar-refractivity contribution in [1.29, 1.82) is 0 Å². The van der Waals surface area contributed by atoms with Crippen LogP contribution in [0.3, 0.4) is 0 Å². The van der Waals surface area contributed by atoms with Gasteiger partial charge in [-0.25, -0.2) is 4.79 Å². The van der Waals surface area contributed by atoms with E-state index in [2.05, 4.69) is 21.3 Å². The Labute approximate surface area is 612 Å². The fraction of sp³-hybridized carbons (Fsp3) is 0.705. The molecular weight excluding hydrogens is 1320 g/mol. The van der Waals surface area contributed by atoms with Crippen LogP contribution in [0, 0.1) is 53.3 Å². The van der Waals surface area contributed by atoms with Crippen LogP contribution in [-0.4, -0.2) is 221 Å². The quantitative estimate of drug-likeness (QED) is 0.0398. The zero-order valence-electron chi connectivity index (χ0n) is 64.6. The summed E-state index contributed by atoms with van der Waals surface area (Å²) < 4.78 is 28.9. The molecule has 0 aliphatic carbocycles. The molecule has 0 bridgehead atoms. The van der Waals surface area contributed by atoms with Crippen molar-refractivity contribution in [3.63, 3.8) is 0 Å². The zero-order chi connectivity index (χ0) is 76.6. The summed E-state index contributed by atoms with van der Waals surface area (Å²) in [5, 5.41) is 11.2. The third-order valence-electron chi connectivity index (χ3n) is 20.6. The normalized spacial score (nSPS) is 18.4. The van der Waals surface area contributed by atoms with Crippen LogP contribution >= 0.6 is 0 Å². The highest BCUT2D eigenvalue weighted by Gasteiger charge is 2.44. The zero-order valence-corrected chi connectivity index (χ0v) is 64.6. The average Bonchev–Trinajstić information content (AvgIpc) is 1.42. The number of likely N-dealkylation sites (N-methyl/N-ethyl adjacent to an activating group) is 2. The summed E-state index contributed by atoms with van der Waals surface area (Å²) >= 11 is 0. The van der Waals surface area contributed by atoms with Crippen molar-refractivity contribution in [2.75, 3.05) is 100.0 Å². The van der Waals surface area contributed by atoms with Crippen LogP contribution in [0.25, 0.3) is 0 Å². The summed E-state index contributed by atoms with van der Waals surface area (Å²) in [5.41, 5.74) is 7.28. The highest BCUT2D eigenvalue weighted by molar-refractivity contribution is 5.98. The molecule has 2 heterocycles. The van der Waals surface area contributed by atoms with E-state index >= 15 is 0 Å². The fourth-order valence-electron chi connectivity index (χ4n) is 14.6. The molecule has 4 rings (SSSR count). The Morgan fingerprint density at radius 1 is 0.650 bits per heavy atom. The van der Waals surface area contributed by atoms with Gasteiger partial charge >= 0.3 is 6.03 Å². The molecule has 6 N–H and O–H groups in total. The van der Waals surface area contributed by atoms with Gasteiger partial charge in [0.05, 0.1) is 69.2 Å². The number of benzene rings is 2. The minimum atomic E-state index is -0.949. The number of piperidine rings is 1. The number of hydrogen-bond acceptors (Lipinski definition) is 17. The van der Waals surface area contributed by atoms with Crippen molar-refractivity contribution in [2.24, 2.45) is 59.0 Å². The van der Waals surface area contributed by atoms with Crippen molar-refractivity contribution in [1.82, 2.24) is 35.6 Å². The van der Waals surface area contributed by atoms with Gasteiger partial charge in [0.1, 0.15) is 24.8 Å². The molecule has 2 saturated heterocycles. The van der Waals surface area contributed by atoms with Crippen LogP contribution in [0.2, 0.25) is 0 Å². The van der Waals surface area contributed by atoms with Gasteiger partial charge in [-0.3, -0.25) is 52.8 Å². The second-order valence-corrected chi connectivity index (χ2v) is 29.5. The molecule has 25 heteroatoms. The first kappa shape index (κ1) is 88.4. The van der Waals surface area contributed by atoms with E-state index in [9.17, 15) is 52.7 Å². The fourth-order valence-corrected chi connectivity index (χ4v) is 14.6. The average molecular weight is 1440 g/mol. The summed E-state index contributed by atoms with van der Waals surface area (Å²) in [5.74, 6) is -5.60. The number of amides is 8. The first-order valence-electron chi connectivity index (χ1n) is 37.3. The monoisotopic (exact) mass is 1440 g/mol. The lowest BCUT2D eigenvalue weighted by atomic mass is 9.83. The van der Waals surface area contributed by atoms with E-state index in [0.717, 1.165) is 5.56 Å². The smallest absolute Gasteiger partial charge is 0.312 e. The minimum Gasteiger partial charge on any atom is -0.379 e. The Morgan fingerprint density at radius 3 is 1.86 bits per heavy atom. The Morgan fingerprint density at radius 2 is 1.29 bits per heavy atom. The minimum absolute atomic E-state index is 0.00977. The standard InChI is InChI=1S/C78H125N9O16/c1-17-52(9)73(85(14)77(97)61(49(3)4)44-66(91)72(51(7)8)84(12)13)67(99-15)45-69(93)87-34-23-27-62(87)74(100-16)54(11)64(89)43-59(41-55-24-20-19-21-25-55)75(95)81-46-56-28-30-60(31-29-56)82-76(96)58(26-22-33-80-78(79)98)42-65(90)71(50(5)6)83-68(92)47-102-38-36-101-37-39-103-48-70(94)86-35-32-57(40-53(86)10)63(88)18-2/h19-21,24-25,28-31,49-54,57-59,61-62,67,71-74H,17-18,22-23,26-27,32-48H2,1-16H3,(H,81,95)(H,82,96)(H,83,92)(H3,79,80,98)/t52-,53?,54-,57?,58+,59+,61-,62-,67+,71-,72-,73-,74+/m0/s1. The highest BCUT2D eigenvalue weighted by atomic mass is 16.5. The molecule has 0 aromatic heterocycles. The molecule has 8 amide bonds. The number of nitrogens with zero attached hydrogens (tertiary/aromatic N) is 4. The number of nitrogens with two attached hydrogens (primary N) is 1. The second kappa shape index (κ2) is 45.4. The Hall–Kier alpha value is -7.03. The SMILES string of the molecule is CCC(=O)C1CCN(C(=O)COCCOCCOCC(=O)N[C@H](C(=O)C[C@@H](CCCNC(N)=O)C(=O)Nc2ccc(CNC(=O)[C@@H](CC(=O)[C@H](C)[C@@H](OC)[C@@H]3CCCN3C(=O)C[C@@H](OC)[C@H]([C@@H](C)CC)N(C)C(=O)[C@@H](CC(=O)[C@H](C(C)C)N(C)C)C(C)C)Cc3ccccc3)cc2)C(C)C)C(C)C1. The van der Waals surface area contributed by atoms with Crippen molar-refractivity contribution >= 4 is 70.3 Å². The van der Waals surface area contributed by atoms with E-state index in [-0.39, 0.29) is 180 Å². The first-order valence-corrected chi connectivity index (χ1v) is 37.3. The number of hydrogen-bond donors (Lipinski definition) is 5. The van der Waals surface area contributed by atoms with Gasteiger partial charge in [0.2, 0.25) is 35.4 Å². The molecule has 2 aromatic rings. The van der Waals surface area contributed by atoms with Crippen LogP contribution in [0.4, 0.5) is 10.5 Å². The van der Waals surface area contributed by atoms with Gasteiger partial charge in [0.15, 0.2) is 11.6 Å². The molecule has 0 spiro atoms. The number of urea groups is 1. The molecule has 0 saturated carbocycles. The van der Waals surface area contributed by atoms with Gasteiger partial charge in [-0.05, 0) is 113 Å². The van der Waals surface area contributed by atoms with Crippen LogP contribution in [0.5, 0.6) is 0 Å². The first-order chi connectivity index (χ1) is 48.9. The molecule has 2 aromatic carbocycles. The third kappa shape index (κ3) is 28.4. The molecule has 2 aliphatic rings. The molecule has 2 aliphatic heterocycles. The van der Waals surface area contributed by atoms with Gasteiger partial charge in [-0.2, -0.15) is 0 Å². The predicted octanol–water partition coefficient (Wildman–Crippen LogP) is 7.62. The van der Waals surface area contributed by atoms with E-state index in [1.165, 1.54) is 7.11 Å². The van der Waals surface area contributed by atoms with Crippen molar-refractivity contribution in [3.05, 3.63) is 65.7 Å². The van der Waals surface area contributed by atoms with Gasteiger partial charge in [-0.15, -0.1) is 0 Å². The van der Waals surface area contributed by atoms with Gasteiger partial charge < -0.3 is 65.4 Å². The van der Waals surface area contributed by atoms with Crippen LogP contribution in [0.1, 0.15) is 164 Å². The Bertz CT molecular complexity index is 3010. The number of anilines is 1. The number of carbonyl (C=O) groups excluding carboxylic acids is 11. The Balaban J connectivity index is 1.36. The van der Waals surface area contributed by atoms with Crippen molar-refractivity contribution < 1.29 is 76.4 Å². The van der Waals surface area contributed by atoms with Crippen LogP contribution < -0.4 is 27.0 Å². The number of ketones is 4. The van der Waals surface area contributed by atoms with Crippen molar-refractivity contribution in [3.8, 4) is 0 Å². The van der Waals surface area contributed by atoms with Gasteiger partial charge in [0.25, 0.3) is 0 Å². The maximum atomic E-state index is 14.7. The topological polar surface area (TPSA) is 321 Å². The van der Waals surface area contributed by atoms with Crippen LogP contribution in [-0.2, 0) is 84.6 Å². The summed E-state index contributed by atoms with van der Waals surface area (Å²) in [7, 11) is 8.60. The van der Waals surface area contributed by atoms with Crippen LogP contribution in [0.15, 0.2) is 54.6 Å². The summed E-state index contributed by atoms with van der Waals surface area (Å²) in [6.45, 7) is 22.5. The highest BCUT2D eigenvalue weighted by Crippen LogP contribution is 2.33. The lowest BCUT2D eigenvalue weighted by molar-refractivity contribution is -0.149. The van der Waals surface area contributed by atoms with E-state index in [1.807, 2.05) is 105 Å². The molecule has 2 fully saturated rings. The number of carbonyl (C=O) groups is 11. The van der Waals surface area contributed by atoms with E-state index in [1.54, 1.807) is 73.9 Å². The summed E-state index contributed by atoms with van der Waals surface area (Å²) in [6, 6.07) is 13.3. The number of Topliss-reactive ketones (excluding diaryl/α,β-unsaturated/α-hetero) is 4.